The Bertz CT molecular complexity index is 1470. The Balaban J connectivity index is 1.67. The lowest BCUT2D eigenvalue weighted by atomic mass is 10.0. The molecule has 5 N–H and O–H groups in total. The number of nitrogen functional groups attached to an aromatic ring is 1. The molecule has 3 heterocycles. The van der Waals surface area contributed by atoms with E-state index >= 15 is 0 Å². The number of amides is 2. The Hall–Kier alpha value is -4.53. The summed E-state index contributed by atoms with van der Waals surface area (Å²) in [5, 5.41) is 12.4. The fourth-order valence-corrected chi connectivity index (χ4v) is 3.94. The average Bonchev–Trinajstić information content (AvgIpc) is 3.27. The summed E-state index contributed by atoms with van der Waals surface area (Å²) in [5.74, 6) is 0.264. The van der Waals surface area contributed by atoms with Crippen LogP contribution in [0.15, 0.2) is 55.0 Å². The topological polar surface area (TPSA) is 141 Å². The van der Waals surface area contributed by atoms with Gasteiger partial charge >= 0.3 is 0 Å². The second-order valence-electron chi connectivity index (χ2n) is 9.29. The molecule has 0 aliphatic carbocycles. The summed E-state index contributed by atoms with van der Waals surface area (Å²) in [4.78, 5) is 38.1. The summed E-state index contributed by atoms with van der Waals surface area (Å²) in [5.41, 5.74) is 10.6. The van der Waals surface area contributed by atoms with Crippen molar-refractivity contribution in [3.8, 4) is 11.1 Å². The highest BCUT2D eigenvalue weighted by atomic mass is 16.2. The van der Waals surface area contributed by atoms with Crippen LogP contribution in [0.25, 0.3) is 22.0 Å². The van der Waals surface area contributed by atoms with Crippen molar-refractivity contribution in [3.05, 3.63) is 71.8 Å². The van der Waals surface area contributed by atoms with Gasteiger partial charge in [0.2, 0.25) is 5.91 Å². The number of nitrogens with two attached hydrogens (primary N) is 1. The van der Waals surface area contributed by atoms with Crippen LogP contribution in [0, 0.1) is 11.3 Å². The van der Waals surface area contributed by atoms with Crippen LogP contribution in [0.3, 0.4) is 0 Å². The molecule has 1 aromatic carbocycles. The number of fused-ring (bicyclic) bond motifs is 1. The molecule has 4 rings (SSSR count). The Kier molecular flexibility index (Phi) is 6.82. The van der Waals surface area contributed by atoms with Crippen molar-refractivity contribution >= 4 is 39.9 Å². The molecule has 0 saturated heterocycles. The van der Waals surface area contributed by atoms with Gasteiger partial charge in [-0.25, -0.2) is 4.98 Å². The molecule has 9 nitrogen and oxygen atoms in total. The van der Waals surface area contributed by atoms with E-state index in [4.69, 9.17) is 11.1 Å². The van der Waals surface area contributed by atoms with Crippen LogP contribution in [-0.2, 0) is 4.79 Å². The zero-order chi connectivity index (χ0) is 26.0. The van der Waals surface area contributed by atoms with E-state index in [1.165, 1.54) is 4.90 Å². The highest BCUT2D eigenvalue weighted by Gasteiger charge is 2.18. The summed E-state index contributed by atoms with van der Waals surface area (Å²) >= 11 is 0. The predicted octanol–water partition coefficient (Wildman–Crippen LogP) is 4.31. The van der Waals surface area contributed by atoms with Crippen molar-refractivity contribution in [1.82, 2.24) is 19.9 Å². The summed E-state index contributed by atoms with van der Waals surface area (Å²) in [6.45, 7) is 3.97. The number of rotatable bonds is 7. The lowest BCUT2D eigenvalue weighted by Crippen LogP contribution is -2.21. The fraction of sp³-hybridized carbons (Fsp3) is 0.222. The Morgan fingerprint density at radius 3 is 2.56 bits per heavy atom. The Morgan fingerprint density at radius 2 is 1.83 bits per heavy atom. The number of anilines is 2. The number of nitrogens with zero attached hydrogens (tertiary/aromatic N) is 3. The highest BCUT2D eigenvalue weighted by molar-refractivity contribution is 6.16. The van der Waals surface area contributed by atoms with E-state index in [0.29, 0.717) is 34.5 Å². The molecule has 0 aliphatic heterocycles. The number of nitrogens with one attached hydrogen (secondary N) is 3. The first-order valence-corrected chi connectivity index (χ1v) is 11.6. The molecule has 0 aliphatic rings. The molecule has 0 spiro atoms. The lowest BCUT2D eigenvalue weighted by Gasteiger charge is -2.11. The molecule has 2 amide bonds. The predicted molar refractivity (Wildman–Crippen MR) is 142 cm³/mol. The van der Waals surface area contributed by atoms with Gasteiger partial charge in [0.15, 0.2) is 0 Å². The standard InChI is InChI=1S/C27H29N7O2/c1-15(2)8-24(35)32-18-9-16(12-30-14-18)17-10-21(26(29)31-13-17)25(28)23-11-20-19(27(36)34(3)4)6-5-7-22(20)33-23/h5-7,9-15,28,33H,8H2,1-4H3,(H2,29,31)(H,32,35). The van der Waals surface area contributed by atoms with Gasteiger partial charge in [0, 0.05) is 66.1 Å². The zero-order valence-corrected chi connectivity index (χ0v) is 20.7. The number of hydrogen-bond donors (Lipinski definition) is 4. The van der Waals surface area contributed by atoms with E-state index in [0.717, 1.165) is 16.5 Å². The smallest absolute Gasteiger partial charge is 0.254 e. The number of pyridine rings is 2. The van der Waals surface area contributed by atoms with Crippen LogP contribution < -0.4 is 11.1 Å². The zero-order valence-electron chi connectivity index (χ0n) is 20.7. The monoisotopic (exact) mass is 483 g/mol. The maximum Gasteiger partial charge on any atom is 0.254 e. The molecule has 36 heavy (non-hydrogen) atoms. The van der Waals surface area contributed by atoms with Gasteiger partial charge in [0.1, 0.15) is 5.82 Å². The van der Waals surface area contributed by atoms with E-state index in [1.54, 1.807) is 57.0 Å². The first kappa shape index (κ1) is 24.6. The third-order valence-electron chi connectivity index (χ3n) is 5.71. The van der Waals surface area contributed by atoms with Gasteiger partial charge in [0.05, 0.1) is 23.3 Å². The number of H-pyrrole nitrogens is 1. The SMILES string of the molecule is CC(C)CC(=O)Nc1cncc(-c2cnc(N)c(C(=N)c3cc4c(C(=O)N(C)C)cccc4[nH]3)c2)c1. The summed E-state index contributed by atoms with van der Waals surface area (Å²) < 4.78 is 0. The van der Waals surface area contributed by atoms with Crippen molar-refractivity contribution in [1.29, 1.82) is 5.41 Å². The maximum atomic E-state index is 12.6. The first-order chi connectivity index (χ1) is 17.1. The largest absolute Gasteiger partial charge is 0.383 e. The van der Waals surface area contributed by atoms with Crippen LogP contribution >= 0.6 is 0 Å². The fourth-order valence-electron chi connectivity index (χ4n) is 3.94. The van der Waals surface area contributed by atoms with Crippen LogP contribution in [-0.4, -0.2) is 51.5 Å². The van der Waals surface area contributed by atoms with Gasteiger partial charge in [-0.05, 0) is 36.2 Å². The Morgan fingerprint density at radius 1 is 1.08 bits per heavy atom. The normalized spacial score (nSPS) is 11.0. The second kappa shape index (κ2) is 9.99. The van der Waals surface area contributed by atoms with E-state index in [2.05, 4.69) is 20.3 Å². The molecule has 0 saturated carbocycles. The van der Waals surface area contributed by atoms with Crippen LogP contribution in [0.2, 0.25) is 0 Å². The van der Waals surface area contributed by atoms with Gasteiger partial charge in [-0.3, -0.25) is 20.0 Å². The van der Waals surface area contributed by atoms with Crippen molar-refractivity contribution in [2.45, 2.75) is 20.3 Å². The van der Waals surface area contributed by atoms with Crippen molar-refractivity contribution in [2.75, 3.05) is 25.1 Å². The van der Waals surface area contributed by atoms with E-state index < -0.39 is 0 Å². The van der Waals surface area contributed by atoms with Crippen LogP contribution in [0.1, 0.15) is 41.9 Å². The Labute approximate surface area is 209 Å². The van der Waals surface area contributed by atoms with Crippen LogP contribution in [0.5, 0.6) is 0 Å². The van der Waals surface area contributed by atoms with Gasteiger partial charge < -0.3 is 20.9 Å². The van der Waals surface area contributed by atoms with E-state index in [-0.39, 0.29) is 29.3 Å². The minimum absolute atomic E-state index is 0.0761. The number of hydrogen-bond acceptors (Lipinski definition) is 6. The molecule has 0 unspecified atom stereocenters. The van der Waals surface area contributed by atoms with Crippen LogP contribution in [0.4, 0.5) is 11.5 Å². The molecule has 184 valence electrons. The third-order valence-corrected chi connectivity index (χ3v) is 5.71. The van der Waals surface area contributed by atoms with Crippen molar-refractivity contribution in [3.63, 3.8) is 0 Å². The van der Waals surface area contributed by atoms with E-state index in [1.807, 2.05) is 26.0 Å². The molecule has 3 aromatic heterocycles. The number of aromatic amines is 1. The minimum atomic E-state index is -0.117. The highest BCUT2D eigenvalue weighted by Crippen LogP contribution is 2.27. The quantitative estimate of drug-likeness (QED) is 0.290. The van der Waals surface area contributed by atoms with Gasteiger partial charge in [-0.15, -0.1) is 0 Å². The molecule has 9 heteroatoms. The number of benzene rings is 1. The van der Waals surface area contributed by atoms with Crippen molar-refractivity contribution < 1.29 is 9.59 Å². The summed E-state index contributed by atoms with van der Waals surface area (Å²) in [6, 6.07) is 10.8. The molecule has 0 fully saturated rings. The van der Waals surface area contributed by atoms with E-state index in [9.17, 15) is 9.59 Å². The van der Waals surface area contributed by atoms with Gasteiger partial charge in [-0.2, -0.15) is 0 Å². The first-order valence-electron chi connectivity index (χ1n) is 11.6. The summed E-state index contributed by atoms with van der Waals surface area (Å²) in [6.07, 6.45) is 5.29. The minimum Gasteiger partial charge on any atom is -0.383 e. The third kappa shape index (κ3) is 5.10. The molecule has 4 aromatic rings. The molecular formula is C27H29N7O2. The second-order valence-corrected chi connectivity index (χ2v) is 9.29. The van der Waals surface area contributed by atoms with Crippen molar-refractivity contribution in [2.24, 2.45) is 5.92 Å². The number of carbonyl (C=O) groups is 2. The number of carbonyl (C=O) groups excluding carboxylic acids is 2. The summed E-state index contributed by atoms with van der Waals surface area (Å²) in [7, 11) is 3.41. The molecule has 0 atom stereocenters. The average molecular weight is 484 g/mol. The molecular weight excluding hydrogens is 454 g/mol. The number of aromatic nitrogens is 3. The lowest BCUT2D eigenvalue weighted by molar-refractivity contribution is -0.116. The maximum absolute atomic E-state index is 12.6. The molecule has 0 radical (unpaired) electrons. The van der Waals surface area contributed by atoms with Gasteiger partial charge in [-0.1, -0.05) is 19.9 Å². The van der Waals surface area contributed by atoms with Gasteiger partial charge in [0.25, 0.3) is 5.91 Å². The molecule has 0 bridgehead atoms.